The number of nitrogens with two attached hydrogens (primary N) is 1. The summed E-state index contributed by atoms with van der Waals surface area (Å²) >= 11 is 0. The topological polar surface area (TPSA) is 128 Å². The highest BCUT2D eigenvalue weighted by molar-refractivity contribution is 5.83. The van der Waals surface area contributed by atoms with Gasteiger partial charge in [0.2, 0.25) is 6.10 Å². The molecule has 0 radical (unpaired) electrons. The van der Waals surface area contributed by atoms with Crippen molar-refractivity contribution in [3.05, 3.63) is 35.9 Å². The van der Waals surface area contributed by atoms with Crippen LogP contribution in [0.15, 0.2) is 30.3 Å². The molecule has 0 aliphatic rings. The molecule has 0 heterocycles. The molecule has 150 valence electrons. The van der Waals surface area contributed by atoms with Crippen molar-refractivity contribution < 1.29 is 29.0 Å². The molecule has 0 fully saturated rings. The van der Waals surface area contributed by atoms with Gasteiger partial charge in [0.05, 0.1) is 0 Å². The minimum Gasteiger partial charge on any atom is -0.480 e. The molecule has 1 aromatic carbocycles. The molecular weight excluding hydrogens is 352 g/mol. The quantitative estimate of drug-likeness (QED) is 0.443. The number of amides is 1. The average Bonchev–Trinajstić information content (AvgIpc) is 2.58. The number of hydrogen-bond donors (Lipinski definition) is 3. The van der Waals surface area contributed by atoms with E-state index in [1.807, 2.05) is 0 Å². The summed E-state index contributed by atoms with van der Waals surface area (Å²) in [7, 11) is 0. The molecule has 1 rings (SSSR count). The number of aliphatic carboxylic acids is 1. The number of nitrogens with one attached hydrogen (secondary N) is 1. The van der Waals surface area contributed by atoms with Crippen LogP contribution in [0.5, 0.6) is 0 Å². The Bertz CT molecular complexity index is 627. The standard InChI is InChI=1S/C19H28N2O6/c1-19(2,3)27-17(24)15(13-9-5-4-6-10-13)26-18(25)21-14(16(22)23)11-7-8-12-20/h4-6,9-10,14-15H,7-8,11-12,20H2,1-3H3,(H,21,25)(H,22,23)/t14-,15?/m0/s1. The molecule has 0 spiro atoms. The predicted molar refractivity (Wildman–Crippen MR) is 99.0 cm³/mol. The van der Waals surface area contributed by atoms with Gasteiger partial charge in [-0.25, -0.2) is 14.4 Å². The number of esters is 1. The Kier molecular flexibility index (Phi) is 8.74. The highest BCUT2D eigenvalue weighted by Gasteiger charge is 2.31. The van der Waals surface area contributed by atoms with Gasteiger partial charge in [-0.3, -0.25) is 0 Å². The van der Waals surface area contributed by atoms with Crippen LogP contribution in [0.2, 0.25) is 0 Å². The van der Waals surface area contributed by atoms with Crippen LogP contribution in [0.3, 0.4) is 0 Å². The van der Waals surface area contributed by atoms with Crippen molar-refractivity contribution in [1.82, 2.24) is 5.32 Å². The molecule has 0 aliphatic heterocycles. The minimum atomic E-state index is -1.30. The molecular formula is C19H28N2O6. The van der Waals surface area contributed by atoms with Crippen LogP contribution in [-0.2, 0) is 19.1 Å². The van der Waals surface area contributed by atoms with Crippen LogP contribution in [0.1, 0.15) is 51.7 Å². The molecule has 1 amide bonds. The number of ether oxygens (including phenoxy) is 2. The normalized spacial score (nSPS) is 13.3. The molecule has 0 bridgehead atoms. The Labute approximate surface area is 159 Å². The van der Waals surface area contributed by atoms with Crippen molar-refractivity contribution in [2.75, 3.05) is 6.54 Å². The van der Waals surface area contributed by atoms with Crippen molar-refractivity contribution in [2.45, 2.75) is 57.8 Å². The third-order valence-electron chi connectivity index (χ3n) is 3.49. The Morgan fingerprint density at radius 1 is 1.15 bits per heavy atom. The van der Waals surface area contributed by atoms with Gasteiger partial charge in [-0.05, 0) is 46.6 Å². The second kappa shape index (κ2) is 10.5. The lowest BCUT2D eigenvalue weighted by molar-refractivity contribution is -0.165. The van der Waals surface area contributed by atoms with Gasteiger partial charge >= 0.3 is 18.0 Å². The number of hydrogen-bond acceptors (Lipinski definition) is 6. The SMILES string of the molecule is CC(C)(C)OC(=O)C(OC(=O)N[C@@H](CCCCN)C(=O)O)c1ccccc1. The van der Waals surface area contributed by atoms with E-state index >= 15 is 0 Å². The van der Waals surface area contributed by atoms with Crippen molar-refractivity contribution in [2.24, 2.45) is 5.73 Å². The van der Waals surface area contributed by atoms with Crippen LogP contribution in [-0.4, -0.2) is 41.3 Å². The molecule has 0 saturated carbocycles. The van der Waals surface area contributed by atoms with Gasteiger partial charge in [0.25, 0.3) is 0 Å². The van der Waals surface area contributed by atoms with Crippen molar-refractivity contribution >= 4 is 18.0 Å². The van der Waals surface area contributed by atoms with E-state index in [4.69, 9.17) is 15.2 Å². The zero-order chi connectivity index (χ0) is 20.4. The van der Waals surface area contributed by atoms with Gasteiger partial charge in [0.15, 0.2) is 0 Å². The van der Waals surface area contributed by atoms with E-state index < -0.39 is 35.8 Å². The highest BCUT2D eigenvalue weighted by Crippen LogP contribution is 2.22. The fourth-order valence-electron chi connectivity index (χ4n) is 2.27. The van der Waals surface area contributed by atoms with E-state index in [2.05, 4.69) is 5.32 Å². The maximum absolute atomic E-state index is 12.5. The van der Waals surface area contributed by atoms with E-state index in [0.29, 0.717) is 24.9 Å². The molecule has 2 atom stereocenters. The summed E-state index contributed by atoms with van der Waals surface area (Å²) in [5, 5.41) is 11.5. The molecule has 8 nitrogen and oxygen atoms in total. The first-order chi connectivity index (χ1) is 12.6. The number of carbonyl (C=O) groups is 3. The number of carboxylic acid groups (broad SMARTS) is 1. The fraction of sp³-hybridized carbons (Fsp3) is 0.526. The van der Waals surface area contributed by atoms with Crippen LogP contribution in [0, 0.1) is 0 Å². The second-order valence-corrected chi connectivity index (χ2v) is 7.05. The number of rotatable bonds is 9. The first kappa shape index (κ1) is 22.4. The van der Waals surface area contributed by atoms with Crippen LogP contribution in [0.25, 0.3) is 0 Å². The molecule has 8 heteroatoms. The Balaban J connectivity index is 2.86. The van der Waals surface area contributed by atoms with Crippen LogP contribution in [0.4, 0.5) is 4.79 Å². The monoisotopic (exact) mass is 380 g/mol. The van der Waals surface area contributed by atoms with Crippen LogP contribution < -0.4 is 11.1 Å². The van der Waals surface area contributed by atoms with E-state index in [1.54, 1.807) is 51.1 Å². The number of carboxylic acids is 1. The van der Waals surface area contributed by atoms with Gasteiger partial charge in [-0.2, -0.15) is 0 Å². The summed E-state index contributed by atoms with van der Waals surface area (Å²) in [4.78, 5) is 36.0. The number of unbranched alkanes of at least 4 members (excludes halogenated alkanes) is 1. The first-order valence-corrected chi connectivity index (χ1v) is 8.82. The highest BCUT2D eigenvalue weighted by atomic mass is 16.6. The lowest BCUT2D eigenvalue weighted by Gasteiger charge is -2.24. The minimum absolute atomic E-state index is 0.212. The number of alkyl carbamates (subject to hydrolysis) is 1. The van der Waals surface area contributed by atoms with Crippen molar-refractivity contribution in [3.8, 4) is 0 Å². The van der Waals surface area contributed by atoms with Gasteiger partial charge in [0.1, 0.15) is 11.6 Å². The van der Waals surface area contributed by atoms with E-state index in [1.165, 1.54) is 0 Å². The van der Waals surface area contributed by atoms with E-state index in [-0.39, 0.29) is 6.42 Å². The summed E-state index contributed by atoms with van der Waals surface area (Å²) in [6.07, 6.45) is -0.907. The smallest absolute Gasteiger partial charge is 0.409 e. The molecule has 27 heavy (non-hydrogen) atoms. The maximum Gasteiger partial charge on any atom is 0.409 e. The molecule has 1 unspecified atom stereocenters. The Morgan fingerprint density at radius 3 is 2.30 bits per heavy atom. The molecule has 0 aliphatic carbocycles. The molecule has 1 aromatic rings. The molecule has 4 N–H and O–H groups in total. The Morgan fingerprint density at radius 2 is 1.78 bits per heavy atom. The van der Waals surface area contributed by atoms with Crippen LogP contribution >= 0.6 is 0 Å². The Hall–Kier alpha value is -2.61. The predicted octanol–water partition coefficient (Wildman–Crippen LogP) is 2.38. The maximum atomic E-state index is 12.5. The fourth-order valence-corrected chi connectivity index (χ4v) is 2.27. The van der Waals surface area contributed by atoms with E-state index in [0.717, 1.165) is 0 Å². The van der Waals surface area contributed by atoms with Gasteiger partial charge in [-0.15, -0.1) is 0 Å². The summed E-state index contributed by atoms with van der Waals surface area (Å²) in [5.41, 5.74) is 5.05. The second-order valence-electron chi connectivity index (χ2n) is 7.05. The number of carbonyl (C=O) groups excluding carboxylic acids is 2. The lowest BCUT2D eigenvalue weighted by Crippen LogP contribution is -2.42. The summed E-state index contributed by atoms with van der Waals surface area (Å²) < 4.78 is 10.5. The lowest BCUT2D eigenvalue weighted by atomic mass is 10.1. The van der Waals surface area contributed by atoms with Crippen molar-refractivity contribution in [1.29, 1.82) is 0 Å². The summed E-state index contributed by atoms with van der Waals surface area (Å²) in [6, 6.07) is 7.27. The zero-order valence-corrected chi connectivity index (χ0v) is 15.9. The van der Waals surface area contributed by atoms with E-state index in [9.17, 15) is 19.5 Å². The third kappa shape index (κ3) is 8.54. The van der Waals surface area contributed by atoms with Gasteiger partial charge in [0, 0.05) is 5.56 Å². The summed E-state index contributed by atoms with van der Waals surface area (Å²) in [6.45, 7) is 5.53. The third-order valence-corrected chi connectivity index (χ3v) is 3.49. The van der Waals surface area contributed by atoms with Gasteiger partial charge < -0.3 is 25.6 Å². The largest absolute Gasteiger partial charge is 0.480 e. The average molecular weight is 380 g/mol. The zero-order valence-electron chi connectivity index (χ0n) is 15.9. The summed E-state index contributed by atoms with van der Waals surface area (Å²) in [5.74, 6) is -1.92. The molecule has 0 saturated heterocycles. The van der Waals surface area contributed by atoms with Gasteiger partial charge in [-0.1, -0.05) is 30.3 Å². The molecule has 0 aromatic heterocycles. The first-order valence-electron chi connectivity index (χ1n) is 8.82. The van der Waals surface area contributed by atoms with Crippen molar-refractivity contribution in [3.63, 3.8) is 0 Å². The number of benzene rings is 1.